The molecule has 2 N–H and O–H groups in total. The Labute approximate surface area is 169 Å². The Bertz CT molecular complexity index is 857. The quantitative estimate of drug-likeness (QED) is 0.568. The monoisotopic (exact) mass is 425 g/mol. The van der Waals surface area contributed by atoms with E-state index >= 15 is 0 Å². The van der Waals surface area contributed by atoms with E-state index in [0.29, 0.717) is 43.2 Å². The fourth-order valence-electron chi connectivity index (χ4n) is 3.10. The van der Waals surface area contributed by atoms with Crippen molar-refractivity contribution >= 4 is 24.6 Å². The van der Waals surface area contributed by atoms with E-state index in [9.17, 15) is 4.57 Å². The zero-order valence-corrected chi connectivity index (χ0v) is 17.7. The molecule has 1 aliphatic heterocycles. The van der Waals surface area contributed by atoms with Gasteiger partial charge in [0, 0.05) is 18.8 Å². The van der Waals surface area contributed by atoms with E-state index in [1.54, 1.807) is 30.8 Å². The summed E-state index contributed by atoms with van der Waals surface area (Å²) in [5, 5.41) is 0. The van der Waals surface area contributed by atoms with Gasteiger partial charge in [-0.05, 0) is 33.1 Å². The third kappa shape index (κ3) is 5.61. The molecule has 2 atom stereocenters. The van der Waals surface area contributed by atoms with Crippen LogP contribution in [-0.4, -0.2) is 45.6 Å². The third-order valence-electron chi connectivity index (χ3n) is 4.39. The third-order valence-corrected chi connectivity index (χ3v) is 6.20. The molecular formula is C18H28N5O5P. The van der Waals surface area contributed by atoms with E-state index in [1.807, 2.05) is 0 Å². The van der Waals surface area contributed by atoms with Crippen molar-refractivity contribution in [2.24, 2.45) is 0 Å². The molecule has 1 fully saturated rings. The molecule has 2 unspecified atom stereocenters. The van der Waals surface area contributed by atoms with Crippen LogP contribution in [0.25, 0.3) is 11.2 Å². The fraction of sp³-hybridized carbons (Fsp3) is 0.611. The lowest BCUT2D eigenvalue weighted by atomic mass is 10.2. The van der Waals surface area contributed by atoms with Gasteiger partial charge in [0.15, 0.2) is 17.8 Å². The van der Waals surface area contributed by atoms with Crippen LogP contribution in [0.2, 0.25) is 0 Å². The molecule has 1 saturated heterocycles. The van der Waals surface area contributed by atoms with Crippen LogP contribution in [-0.2, 0) is 23.1 Å². The molecule has 0 radical (unpaired) electrons. The zero-order valence-electron chi connectivity index (χ0n) is 16.8. The van der Waals surface area contributed by atoms with Crippen LogP contribution < -0.4 is 5.73 Å². The molecule has 0 spiro atoms. The lowest BCUT2D eigenvalue weighted by molar-refractivity contribution is -0.204. The van der Waals surface area contributed by atoms with Crippen molar-refractivity contribution in [2.75, 3.05) is 25.6 Å². The van der Waals surface area contributed by atoms with Crippen LogP contribution in [0.4, 0.5) is 5.82 Å². The van der Waals surface area contributed by atoms with E-state index in [-0.39, 0.29) is 6.29 Å². The summed E-state index contributed by atoms with van der Waals surface area (Å²) in [4.78, 5) is 12.6. The molecule has 2 aromatic heterocycles. The number of anilines is 1. The van der Waals surface area contributed by atoms with Gasteiger partial charge in [-0.1, -0.05) is 6.08 Å². The van der Waals surface area contributed by atoms with Crippen LogP contribution in [0.3, 0.4) is 0 Å². The predicted molar refractivity (Wildman–Crippen MR) is 108 cm³/mol. The number of nitrogens with two attached hydrogens (primary N) is 1. The molecular weight excluding hydrogens is 397 g/mol. The minimum absolute atomic E-state index is 0.291. The maximum atomic E-state index is 12.7. The van der Waals surface area contributed by atoms with Gasteiger partial charge in [-0.15, -0.1) is 0 Å². The Morgan fingerprint density at radius 3 is 2.79 bits per heavy atom. The summed E-state index contributed by atoms with van der Waals surface area (Å²) in [7, 11) is -3.29. The van der Waals surface area contributed by atoms with Crippen molar-refractivity contribution in [2.45, 2.75) is 52.0 Å². The first kappa shape index (κ1) is 21.9. The summed E-state index contributed by atoms with van der Waals surface area (Å²) in [6, 6.07) is 0. The van der Waals surface area contributed by atoms with Gasteiger partial charge in [0.2, 0.25) is 0 Å². The van der Waals surface area contributed by atoms with Crippen LogP contribution >= 0.6 is 7.60 Å². The maximum absolute atomic E-state index is 12.7. The highest BCUT2D eigenvalue weighted by Crippen LogP contribution is 2.49. The van der Waals surface area contributed by atoms with Crippen LogP contribution in [0.15, 0.2) is 24.5 Å². The standard InChI is InChI=1S/C18H28N5O5P/c1-3-26-29(24,27-4-2)11-7-8-14(28-15-9-5-6-10-25-15)23-13-22-16-17(19)20-12-21-18(16)23/h7,11-15H,3-6,8-10H2,1-2H3,(H2,19,20,21). The van der Waals surface area contributed by atoms with Gasteiger partial charge in [-0.25, -0.2) is 15.0 Å². The molecule has 0 bridgehead atoms. The highest BCUT2D eigenvalue weighted by molar-refractivity contribution is 7.57. The number of nitrogens with zero attached hydrogens (tertiary/aromatic N) is 4. The molecule has 1 aliphatic rings. The smallest absolute Gasteiger partial charge is 0.353 e. The molecule has 10 nitrogen and oxygen atoms in total. The van der Waals surface area contributed by atoms with Crippen LogP contribution in [0.1, 0.15) is 45.8 Å². The number of rotatable bonds is 10. The summed E-state index contributed by atoms with van der Waals surface area (Å²) in [6.07, 6.45) is 7.18. The Hall–Kier alpha value is -1.84. The van der Waals surface area contributed by atoms with E-state index in [1.165, 1.54) is 12.1 Å². The molecule has 0 aliphatic carbocycles. The van der Waals surface area contributed by atoms with Gasteiger partial charge in [-0.3, -0.25) is 9.13 Å². The largest absolute Gasteiger partial charge is 0.382 e. The number of nitrogen functional groups attached to an aromatic ring is 1. The number of aromatic nitrogens is 4. The van der Waals surface area contributed by atoms with Crippen LogP contribution in [0, 0.1) is 0 Å². The van der Waals surface area contributed by atoms with Gasteiger partial charge in [0.1, 0.15) is 18.1 Å². The van der Waals surface area contributed by atoms with Gasteiger partial charge in [0.25, 0.3) is 0 Å². The van der Waals surface area contributed by atoms with Crippen LogP contribution in [0.5, 0.6) is 0 Å². The topological polar surface area (TPSA) is 124 Å². The van der Waals surface area contributed by atoms with E-state index in [2.05, 4.69) is 15.0 Å². The van der Waals surface area contributed by atoms with E-state index in [0.717, 1.165) is 19.3 Å². The number of ether oxygens (including phenoxy) is 2. The molecule has 11 heteroatoms. The van der Waals surface area contributed by atoms with E-state index in [4.69, 9.17) is 24.3 Å². The second-order valence-corrected chi connectivity index (χ2v) is 8.36. The molecule has 0 saturated carbocycles. The predicted octanol–water partition coefficient (Wildman–Crippen LogP) is 3.62. The Morgan fingerprint density at radius 2 is 2.10 bits per heavy atom. The highest BCUT2D eigenvalue weighted by atomic mass is 31.2. The average molecular weight is 425 g/mol. The van der Waals surface area contributed by atoms with Crippen molar-refractivity contribution in [3.63, 3.8) is 0 Å². The highest BCUT2D eigenvalue weighted by Gasteiger charge is 2.24. The van der Waals surface area contributed by atoms with Gasteiger partial charge in [0.05, 0.1) is 19.5 Å². The molecule has 2 aromatic rings. The second-order valence-electron chi connectivity index (χ2n) is 6.47. The molecule has 3 rings (SSSR count). The Morgan fingerprint density at radius 1 is 1.31 bits per heavy atom. The summed E-state index contributed by atoms with van der Waals surface area (Å²) in [6.45, 7) is 4.79. The molecule has 0 aromatic carbocycles. The van der Waals surface area contributed by atoms with Crippen molar-refractivity contribution in [3.8, 4) is 0 Å². The van der Waals surface area contributed by atoms with Gasteiger partial charge >= 0.3 is 7.60 Å². The van der Waals surface area contributed by atoms with Crippen molar-refractivity contribution in [3.05, 3.63) is 24.5 Å². The number of imidazole rings is 1. The summed E-state index contributed by atoms with van der Waals surface area (Å²) >= 11 is 0. The minimum Gasteiger partial charge on any atom is -0.382 e. The first-order valence-corrected chi connectivity index (χ1v) is 11.4. The zero-order chi connectivity index (χ0) is 20.7. The average Bonchev–Trinajstić information content (AvgIpc) is 3.14. The number of fused-ring (bicyclic) bond motifs is 1. The first-order chi connectivity index (χ1) is 14.1. The molecule has 3 heterocycles. The lowest BCUT2D eigenvalue weighted by Gasteiger charge is -2.28. The molecule has 160 valence electrons. The number of hydrogen-bond donors (Lipinski definition) is 1. The summed E-state index contributed by atoms with van der Waals surface area (Å²) in [5.41, 5.74) is 6.96. The normalized spacial score (nSPS) is 19.2. The van der Waals surface area contributed by atoms with Crippen molar-refractivity contribution < 1.29 is 23.1 Å². The fourth-order valence-corrected chi connectivity index (χ4v) is 4.45. The van der Waals surface area contributed by atoms with Crippen molar-refractivity contribution in [1.29, 1.82) is 0 Å². The Kier molecular flexibility index (Phi) is 7.74. The molecule has 29 heavy (non-hydrogen) atoms. The van der Waals surface area contributed by atoms with E-state index < -0.39 is 13.8 Å². The van der Waals surface area contributed by atoms with Gasteiger partial charge in [-0.2, -0.15) is 0 Å². The maximum Gasteiger partial charge on any atom is 0.353 e. The minimum atomic E-state index is -3.29. The first-order valence-electron chi connectivity index (χ1n) is 9.83. The van der Waals surface area contributed by atoms with Crippen molar-refractivity contribution in [1.82, 2.24) is 19.5 Å². The van der Waals surface area contributed by atoms with Gasteiger partial charge < -0.3 is 24.3 Å². The summed E-state index contributed by atoms with van der Waals surface area (Å²) < 4.78 is 37.0. The second kappa shape index (κ2) is 10.3. The Balaban J connectivity index is 1.83. The molecule has 0 amide bonds. The summed E-state index contributed by atoms with van der Waals surface area (Å²) in [5.74, 6) is 1.77. The SMILES string of the molecule is CCOP(=O)(C=CCC(OC1CCCCO1)n1cnc2c(N)ncnc21)OCC. The number of hydrogen-bond acceptors (Lipinski definition) is 9. The lowest BCUT2D eigenvalue weighted by Crippen LogP contribution is -2.26.